The van der Waals surface area contributed by atoms with E-state index in [4.69, 9.17) is 21.1 Å². The number of hydrogen-bond donors (Lipinski definition) is 1. The molecule has 3 rings (SSSR count). The number of hydrogen-bond acceptors (Lipinski definition) is 4. The fraction of sp³-hybridized carbons (Fsp3) is 0.588. The summed E-state index contributed by atoms with van der Waals surface area (Å²) in [5, 5.41) is 10.00. The van der Waals surface area contributed by atoms with Crippen LogP contribution < -0.4 is 4.74 Å². The Morgan fingerprint density at radius 1 is 1.48 bits per heavy atom. The molecule has 0 spiro atoms. The van der Waals surface area contributed by atoms with Crippen molar-refractivity contribution >= 4 is 17.5 Å². The van der Waals surface area contributed by atoms with Gasteiger partial charge in [0, 0.05) is 18.2 Å². The van der Waals surface area contributed by atoms with Crippen molar-refractivity contribution in [3.8, 4) is 5.75 Å². The van der Waals surface area contributed by atoms with E-state index in [1.54, 1.807) is 12.1 Å². The molecule has 1 aromatic rings. The van der Waals surface area contributed by atoms with Crippen molar-refractivity contribution in [1.82, 2.24) is 4.90 Å². The predicted molar refractivity (Wildman–Crippen MR) is 86.7 cm³/mol. The number of carbonyl (C=O) groups excluding carboxylic acids is 1. The van der Waals surface area contributed by atoms with Gasteiger partial charge in [0.25, 0.3) is 5.91 Å². The first-order valence-electron chi connectivity index (χ1n) is 7.99. The summed E-state index contributed by atoms with van der Waals surface area (Å²) in [5.74, 6) is 0.862. The van der Waals surface area contributed by atoms with Gasteiger partial charge in [0.15, 0.2) is 6.61 Å². The lowest BCUT2D eigenvalue weighted by molar-refractivity contribution is -0.146. The Balaban J connectivity index is 1.61. The number of aryl methyl sites for hydroxylation is 1. The van der Waals surface area contributed by atoms with Crippen LogP contribution in [0.15, 0.2) is 18.2 Å². The van der Waals surface area contributed by atoms with Gasteiger partial charge < -0.3 is 19.5 Å². The van der Waals surface area contributed by atoms with E-state index in [0.717, 1.165) is 18.4 Å². The number of amides is 1. The Morgan fingerprint density at radius 2 is 2.30 bits per heavy atom. The zero-order valence-corrected chi connectivity index (χ0v) is 14.0. The Kier molecular flexibility index (Phi) is 5.09. The van der Waals surface area contributed by atoms with E-state index in [-0.39, 0.29) is 37.2 Å². The second-order valence-electron chi connectivity index (χ2n) is 6.28. The van der Waals surface area contributed by atoms with E-state index in [2.05, 4.69) is 0 Å². The van der Waals surface area contributed by atoms with E-state index in [1.807, 2.05) is 17.9 Å². The second-order valence-corrected chi connectivity index (χ2v) is 6.72. The molecule has 6 heteroatoms. The van der Waals surface area contributed by atoms with Crippen LogP contribution in [0, 0.1) is 12.8 Å². The summed E-state index contributed by atoms with van der Waals surface area (Å²) in [5.41, 5.74) is 0.909. The molecular weight excluding hydrogens is 318 g/mol. The third kappa shape index (κ3) is 3.62. The number of rotatable bonds is 4. The lowest BCUT2D eigenvalue weighted by atomic mass is 10.1. The molecule has 1 saturated heterocycles. The number of nitrogens with zero attached hydrogens (tertiary/aromatic N) is 1. The average molecular weight is 340 g/mol. The highest BCUT2D eigenvalue weighted by Gasteiger charge is 2.42. The molecule has 3 atom stereocenters. The van der Waals surface area contributed by atoms with E-state index in [1.165, 1.54) is 0 Å². The predicted octanol–water partition coefficient (Wildman–Crippen LogP) is 2.03. The number of halogens is 1. The normalized spacial score (nSPS) is 26.9. The van der Waals surface area contributed by atoms with Gasteiger partial charge in [-0.05, 0) is 49.4 Å². The molecule has 1 N–H and O–H groups in total. The van der Waals surface area contributed by atoms with Gasteiger partial charge >= 0.3 is 0 Å². The summed E-state index contributed by atoms with van der Waals surface area (Å²) in [6, 6.07) is 5.41. The topological polar surface area (TPSA) is 59.0 Å². The Hall–Kier alpha value is -1.30. The molecule has 0 radical (unpaired) electrons. The number of aliphatic hydroxyl groups excluding tert-OH is 1. The maximum Gasteiger partial charge on any atom is 0.260 e. The zero-order valence-electron chi connectivity index (χ0n) is 13.2. The molecule has 126 valence electrons. The molecule has 1 heterocycles. The molecule has 2 fully saturated rings. The number of benzene rings is 1. The summed E-state index contributed by atoms with van der Waals surface area (Å²) < 4.78 is 11.4. The van der Waals surface area contributed by atoms with Crippen molar-refractivity contribution in [2.24, 2.45) is 5.92 Å². The van der Waals surface area contributed by atoms with E-state index in [9.17, 15) is 9.90 Å². The second kappa shape index (κ2) is 7.07. The Bertz CT molecular complexity index is 580. The molecule has 0 aromatic heterocycles. The van der Waals surface area contributed by atoms with Crippen molar-refractivity contribution in [3.05, 3.63) is 28.8 Å². The average Bonchev–Trinajstić information content (AvgIpc) is 2.96. The van der Waals surface area contributed by atoms with Crippen LogP contribution >= 0.6 is 11.6 Å². The van der Waals surface area contributed by atoms with Crippen molar-refractivity contribution < 1.29 is 19.4 Å². The summed E-state index contributed by atoms with van der Waals surface area (Å²) in [7, 11) is 0. The van der Waals surface area contributed by atoms with Crippen LogP contribution in [0.1, 0.15) is 18.4 Å². The summed E-state index contributed by atoms with van der Waals surface area (Å²) >= 11 is 5.92. The van der Waals surface area contributed by atoms with E-state index >= 15 is 0 Å². The molecule has 1 saturated carbocycles. The fourth-order valence-electron chi connectivity index (χ4n) is 3.51. The van der Waals surface area contributed by atoms with Crippen LogP contribution in [0.4, 0.5) is 0 Å². The molecule has 1 unspecified atom stereocenters. The number of aliphatic hydroxyl groups is 1. The molecule has 2 aliphatic rings. The minimum Gasteiger partial charge on any atom is -0.483 e. The van der Waals surface area contributed by atoms with Gasteiger partial charge in [0.05, 0.1) is 18.8 Å². The first-order valence-corrected chi connectivity index (χ1v) is 8.37. The first kappa shape index (κ1) is 16.6. The third-order valence-corrected chi connectivity index (χ3v) is 4.94. The van der Waals surface area contributed by atoms with Crippen LogP contribution in [0.2, 0.25) is 5.02 Å². The molecular formula is C17H22ClNO4. The monoisotopic (exact) mass is 339 g/mol. The van der Waals surface area contributed by atoms with Gasteiger partial charge in [-0.15, -0.1) is 0 Å². The van der Waals surface area contributed by atoms with Crippen molar-refractivity contribution in [3.63, 3.8) is 0 Å². The van der Waals surface area contributed by atoms with Crippen LogP contribution in [0.3, 0.4) is 0 Å². The third-order valence-electron chi connectivity index (χ3n) is 4.70. The van der Waals surface area contributed by atoms with Crippen LogP contribution in [-0.2, 0) is 9.53 Å². The minimum absolute atomic E-state index is 0.00941. The molecule has 23 heavy (non-hydrogen) atoms. The van der Waals surface area contributed by atoms with Crippen LogP contribution in [0.25, 0.3) is 0 Å². The SMILES string of the molecule is Cc1cc(Cl)ccc1OCC(=O)N1CCOC2C[C@H](CO)C[C@@H]21. The largest absolute Gasteiger partial charge is 0.483 e. The maximum atomic E-state index is 12.5. The van der Waals surface area contributed by atoms with Crippen LogP contribution in [0.5, 0.6) is 5.75 Å². The first-order chi connectivity index (χ1) is 11.1. The Labute approximate surface area is 141 Å². The quantitative estimate of drug-likeness (QED) is 0.911. The molecule has 5 nitrogen and oxygen atoms in total. The highest BCUT2D eigenvalue weighted by atomic mass is 35.5. The Morgan fingerprint density at radius 3 is 3.04 bits per heavy atom. The summed E-state index contributed by atoms with van der Waals surface area (Å²) in [6.07, 6.45) is 1.66. The van der Waals surface area contributed by atoms with Gasteiger partial charge in [-0.1, -0.05) is 11.6 Å². The lowest BCUT2D eigenvalue weighted by Crippen LogP contribution is -2.52. The molecule has 1 aliphatic carbocycles. The number of ether oxygens (including phenoxy) is 2. The van der Waals surface area contributed by atoms with Gasteiger partial charge in [-0.3, -0.25) is 4.79 Å². The number of fused-ring (bicyclic) bond motifs is 1. The molecule has 0 bridgehead atoms. The van der Waals surface area contributed by atoms with E-state index in [0.29, 0.717) is 23.9 Å². The summed E-state index contributed by atoms with van der Waals surface area (Å²) in [6.45, 7) is 3.19. The highest BCUT2D eigenvalue weighted by Crippen LogP contribution is 2.34. The van der Waals surface area contributed by atoms with Crippen molar-refractivity contribution in [2.75, 3.05) is 26.4 Å². The summed E-state index contributed by atoms with van der Waals surface area (Å²) in [4.78, 5) is 14.4. The molecule has 1 aliphatic heterocycles. The lowest BCUT2D eigenvalue weighted by Gasteiger charge is -2.37. The standard InChI is InChI=1S/C17H22ClNO4/c1-11-6-13(18)2-3-15(11)23-10-17(21)19-4-5-22-16-8-12(9-20)7-14(16)19/h2-3,6,12,14,16,20H,4-5,7-10H2,1H3/t12-,14+,16?/m1/s1. The van der Waals surface area contributed by atoms with Crippen molar-refractivity contribution in [1.29, 1.82) is 0 Å². The number of carbonyl (C=O) groups is 1. The van der Waals surface area contributed by atoms with E-state index < -0.39 is 0 Å². The van der Waals surface area contributed by atoms with Gasteiger partial charge in [0.2, 0.25) is 0 Å². The smallest absolute Gasteiger partial charge is 0.260 e. The zero-order chi connectivity index (χ0) is 16.4. The van der Waals surface area contributed by atoms with Gasteiger partial charge in [-0.2, -0.15) is 0 Å². The minimum atomic E-state index is -0.0313. The van der Waals surface area contributed by atoms with Crippen LogP contribution in [-0.4, -0.2) is 54.4 Å². The molecule has 1 aromatic carbocycles. The maximum absolute atomic E-state index is 12.5. The number of morpholine rings is 1. The van der Waals surface area contributed by atoms with Gasteiger partial charge in [0.1, 0.15) is 5.75 Å². The fourth-order valence-corrected chi connectivity index (χ4v) is 3.73. The molecule has 1 amide bonds. The van der Waals surface area contributed by atoms with Gasteiger partial charge in [-0.25, -0.2) is 0 Å². The van der Waals surface area contributed by atoms with Crippen molar-refractivity contribution in [2.45, 2.75) is 31.9 Å². The highest BCUT2D eigenvalue weighted by molar-refractivity contribution is 6.30.